The highest BCUT2D eigenvalue weighted by Crippen LogP contribution is 2.28. The van der Waals surface area contributed by atoms with E-state index in [4.69, 9.17) is 4.74 Å². The number of hydrogen-bond donors (Lipinski definition) is 1. The van der Waals surface area contributed by atoms with Gasteiger partial charge in [-0.2, -0.15) is 0 Å². The molecule has 1 saturated heterocycles. The molecule has 0 spiro atoms. The van der Waals surface area contributed by atoms with Crippen LogP contribution in [0.15, 0.2) is 24.3 Å². The van der Waals surface area contributed by atoms with Gasteiger partial charge in [0.05, 0.1) is 18.8 Å². The van der Waals surface area contributed by atoms with E-state index in [9.17, 15) is 4.79 Å². The monoisotopic (exact) mass is 305 g/mol. The second-order valence-corrected chi connectivity index (χ2v) is 5.51. The summed E-state index contributed by atoms with van der Waals surface area (Å²) in [4.78, 5) is 16.3. The SMILES string of the molecule is CCCNC(=O)CN1CCN(c2ccccc2OCC)CC1. The Morgan fingerprint density at radius 3 is 2.59 bits per heavy atom. The maximum atomic E-state index is 11.8. The third-order valence-electron chi connectivity index (χ3n) is 3.82. The van der Waals surface area contributed by atoms with Crippen LogP contribution in [0.5, 0.6) is 5.75 Å². The summed E-state index contributed by atoms with van der Waals surface area (Å²) in [5, 5.41) is 2.93. The zero-order valence-electron chi connectivity index (χ0n) is 13.7. The molecule has 122 valence electrons. The quantitative estimate of drug-likeness (QED) is 0.833. The fraction of sp³-hybridized carbons (Fsp3) is 0.588. The van der Waals surface area contributed by atoms with Crippen molar-refractivity contribution >= 4 is 11.6 Å². The van der Waals surface area contributed by atoms with Crippen LogP contribution in [0.25, 0.3) is 0 Å². The molecule has 0 radical (unpaired) electrons. The van der Waals surface area contributed by atoms with E-state index in [-0.39, 0.29) is 5.91 Å². The molecule has 1 aliphatic heterocycles. The molecular formula is C17H27N3O2. The molecule has 1 aromatic rings. The topological polar surface area (TPSA) is 44.8 Å². The lowest BCUT2D eigenvalue weighted by Crippen LogP contribution is -2.49. The minimum atomic E-state index is 0.130. The van der Waals surface area contributed by atoms with Crippen molar-refractivity contribution in [2.24, 2.45) is 0 Å². The van der Waals surface area contributed by atoms with Crippen molar-refractivity contribution in [1.29, 1.82) is 0 Å². The molecule has 1 aliphatic rings. The number of benzene rings is 1. The van der Waals surface area contributed by atoms with Gasteiger partial charge in [-0.15, -0.1) is 0 Å². The number of ether oxygens (including phenoxy) is 1. The van der Waals surface area contributed by atoms with Crippen LogP contribution in [0.2, 0.25) is 0 Å². The molecule has 1 aromatic carbocycles. The van der Waals surface area contributed by atoms with E-state index in [1.807, 2.05) is 25.1 Å². The molecule has 5 nitrogen and oxygen atoms in total. The van der Waals surface area contributed by atoms with Crippen LogP contribution < -0.4 is 15.0 Å². The smallest absolute Gasteiger partial charge is 0.234 e. The zero-order chi connectivity index (χ0) is 15.8. The highest BCUT2D eigenvalue weighted by molar-refractivity contribution is 5.78. The van der Waals surface area contributed by atoms with Crippen molar-refractivity contribution in [3.63, 3.8) is 0 Å². The van der Waals surface area contributed by atoms with Crippen molar-refractivity contribution < 1.29 is 9.53 Å². The van der Waals surface area contributed by atoms with Crippen molar-refractivity contribution in [3.05, 3.63) is 24.3 Å². The first-order valence-corrected chi connectivity index (χ1v) is 8.20. The maximum absolute atomic E-state index is 11.8. The molecule has 1 N–H and O–H groups in total. The van der Waals surface area contributed by atoms with Gasteiger partial charge in [0.1, 0.15) is 5.75 Å². The Balaban J connectivity index is 1.86. The lowest BCUT2D eigenvalue weighted by molar-refractivity contribution is -0.122. The first-order chi connectivity index (χ1) is 10.7. The number of rotatable bonds is 7. The van der Waals surface area contributed by atoms with Gasteiger partial charge in [-0.3, -0.25) is 9.69 Å². The number of para-hydroxylation sites is 2. The maximum Gasteiger partial charge on any atom is 0.234 e. The van der Waals surface area contributed by atoms with Gasteiger partial charge in [0.15, 0.2) is 0 Å². The summed E-state index contributed by atoms with van der Waals surface area (Å²) in [6.07, 6.45) is 0.980. The van der Waals surface area contributed by atoms with Gasteiger partial charge in [0, 0.05) is 32.7 Å². The van der Waals surface area contributed by atoms with Crippen LogP contribution in [0.1, 0.15) is 20.3 Å². The molecule has 0 unspecified atom stereocenters. The van der Waals surface area contributed by atoms with E-state index < -0.39 is 0 Å². The van der Waals surface area contributed by atoms with Crippen molar-refractivity contribution in [2.75, 3.05) is 50.8 Å². The number of carbonyl (C=O) groups is 1. The summed E-state index contributed by atoms with van der Waals surface area (Å²) in [5.74, 6) is 1.07. The van der Waals surface area contributed by atoms with Crippen molar-refractivity contribution in [1.82, 2.24) is 10.2 Å². The minimum Gasteiger partial charge on any atom is -0.492 e. The standard InChI is InChI=1S/C17H27N3O2/c1-3-9-18-17(21)14-19-10-12-20(13-11-19)15-7-5-6-8-16(15)22-4-2/h5-8H,3-4,9-14H2,1-2H3,(H,18,21). The summed E-state index contributed by atoms with van der Waals surface area (Å²) >= 11 is 0. The Morgan fingerprint density at radius 1 is 1.18 bits per heavy atom. The minimum absolute atomic E-state index is 0.130. The summed E-state index contributed by atoms with van der Waals surface area (Å²) in [6.45, 7) is 9.66. The predicted molar refractivity (Wildman–Crippen MR) is 89.6 cm³/mol. The molecule has 1 amide bonds. The third-order valence-corrected chi connectivity index (χ3v) is 3.82. The number of carbonyl (C=O) groups excluding carboxylic acids is 1. The van der Waals surface area contributed by atoms with Crippen LogP contribution in [-0.4, -0.2) is 56.7 Å². The fourth-order valence-corrected chi connectivity index (χ4v) is 2.67. The number of amides is 1. The molecule has 0 aliphatic carbocycles. The van der Waals surface area contributed by atoms with Gasteiger partial charge in [-0.25, -0.2) is 0 Å². The van der Waals surface area contributed by atoms with Gasteiger partial charge in [-0.1, -0.05) is 19.1 Å². The van der Waals surface area contributed by atoms with E-state index in [0.717, 1.165) is 50.6 Å². The first-order valence-electron chi connectivity index (χ1n) is 8.20. The number of hydrogen-bond acceptors (Lipinski definition) is 4. The molecule has 22 heavy (non-hydrogen) atoms. The molecule has 1 fully saturated rings. The van der Waals surface area contributed by atoms with E-state index in [0.29, 0.717) is 13.2 Å². The Labute approximate surface area is 133 Å². The molecule has 0 aromatic heterocycles. The van der Waals surface area contributed by atoms with Crippen LogP contribution in [0.4, 0.5) is 5.69 Å². The average molecular weight is 305 g/mol. The Bertz CT molecular complexity index is 471. The zero-order valence-corrected chi connectivity index (χ0v) is 13.7. The Morgan fingerprint density at radius 2 is 1.91 bits per heavy atom. The Kier molecular flexibility index (Phi) is 6.52. The van der Waals surface area contributed by atoms with Crippen LogP contribution in [-0.2, 0) is 4.79 Å². The molecule has 2 rings (SSSR count). The van der Waals surface area contributed by atoms with Crippen molar-refractivity contribution in [3.8, 4) is 5.75 Å². The normalized spacial score (nSPS) is 15.6. The molecule has 1 heterocycles. The van der Waals surface area contributed by atoms with Gasteiger partial charge in [-0.05, 0) is 25.5 Å². The number of nitrogens with one attached hydrogen (secondary N) is 1. The molecule has 0 bridgehead atoms. The number of anilines is 1. The molecule has 5 heteroatoms. The second kappa shape index (κ2) is 8.63. The van der Waals surface area contributed by atoms with Crippen LogP contribution in [0.3, 0.4) is 0 Å². The Hall–Kier alpha value is -1.75. The molecule has 0 saturated carbocycles. The van der Waals surface area contributed by atoms with Gasteiger partial charge < -0.3 is 15.0 Å². The van der Waals surface area contributed by atoms with E-state index in [1.165, 1.54) is 0 Å². The lowest BCUT2D eigenvalue weighted by atomic mass is 10.2. The highest BCUT2D eigenvalue weighted by Gasteiger charge is 2.20. The lowest BCUT2D eigenvalue weighted by Gasteiger charge is -2.36. The first kappa shape index (κ1) is 16.6. The largest absolute Gasteiger partial charge is 0.492 e. The van der Waals surface area contributed by atoms with Gasteiger partial charge in [0.25, 0.3) is 0 Å². The van der Waals surface area contributed by atoms with Gasteiger partial charge in [0.2, 0.25) is 5.91 Å². The summed E-state index contributed by atoms with van der Waals surface area (Å²) < 4.78 is 5.71. The number of nitrogens with zero attached hydrogens (tertiary/aromatic N) is 2. The molecule has 0 atom stereocenters. The average Bonchev–Trinajstić information content (AvgIpc) is 2.55. The summed E-state index contributed by atoms with van der Waals surface area (Å²) in [6, 6.07) is 8.17. The van der Waals surface area contributed by atoms with Crippen molar-refractivity contribution in [2.45, 2.75) is 20.3 Å². The third kappa shape index (κ3) is 4.63. The summed E-state index contributed by atoms with van der Waals surface area (Å²) in [5.41, 5.74) is 1.15. The predicted octanol–water partition coefficient (Wildman–Crippen LogP) is 1.73. The summed E-state index contributed by atoms with van der Waals surface area (Å²) in [7, 11) is 0. The highest BCUT2D eigenvalue weighted by atomic mass is 16.5. The van der Waals surface area contributed by atoms with E-state index in [2.05, 4.69) is 28.1 Å². The number of piperazine rings is 1. The van der Waals surface area contributed by atoms with Gasteiger partial charge >= 0.3 is 0 Å². The van der Waals surface area contributed by atoms with Crippen LogP contribution in [0, 0.1) is 0 Å². The van der Waals surface area contributed by atoms with Crippen LogP contribution >= 0.6 is 0 Å². The van der Waals surface area contributed by atoms with E-state index in [1.54, 1.807) is 0 Å². The molecular weight excluding hydrogens is 278 g/mol. The second-order valence-electron chi connectivity index (χ2n) is 5.51. The van der Waals surface area contributed by atoms with E-state index >= 15 is 0 Å². The fourth-order valence-electron chi connectivity index (χ4n) is 2.67.